The number of hydrogen-bond acceptors (Lipinski definition) is 6. The predicted molar refractivity (Wildman–Crippen MR) is 72.5 cm³/mol. The number of aromatic amines is 1. The second-order valence-electron chi connectivity index (χ2n) is 4.28. The van der Waals surface area contributed by atoms with Gasteiger partial charge >= 0.3 is 6.03 Å². The molecule has 0 aromatic carbocycles. The van der Waals surface area contributed by atoms with Gasteiger partial charge in [-0.15, -0.1) is 5.10 Å². The van der Waals surface area contributed by atoms with Gasteiger partial charge in [-0.1, -0.05) is 25.6 Å². The van der Waals surface area contributed by atoms with E-state index in [0.717, 1.165) is 18.2 Å². The van der Waals surface area contributed by atoms with Gasteiger partial charge in [0.2, 0.25) is 17.0 Å². The van der Waals surface area contributed by atoms with Crippen LogP contribution in [0.5, 0.6) is 0 Å². The van der Waals surface area contributed by atoms with Crippen LogP contribution >= 0.6 is 11.8 Å². The fraction of sp³-hybridized carbons (Fsp3) is 0.600. The molecule has 106 valence electrons. The van der Waals surface area contributed by atoms with Crippen LogP contribution in [-0.4, -0.2) is 39.4 Å². The molecule has 1 aromatic rings. The zero-order chi connectivity index (χ0) is 14.3. The second-order valence-corrected chi connectivity index (χ2v) is 5.22. The molecule has 8 nitrogen and oxygen atoms in total. The standard InChI is InChI=1S/C10H18N6O2S/c1-6(2)3-4-12-9(18)13-7(17)5-19-10-14-8(11)15-16-10/h6H,3-5H2,1-2H3,(H3,11,14,15,16)(H2,12,13,17,18). The van der Waals surface area contributed by atoms with Crippen molar-refractivity contribution in [3.8, 4) is 0 Å². The first-order valence-corrected chi connectivity index (χ1v) is 6.84. The normalized spacial score (nSPS) is 10.5. The van der Waals surface area contributed by atoms with Gasteiger partial charge in [-0.05, 0) is 12.3 Å². The number of nitrogens with one attached hydrogen (secondary N) is 3. The predicted octanol–water partition coefficient (Wildman–Crippen LogP) is 0.351. The Labute approximate surface area is 115 Å². The van der Waals surface area contributed by atoms with E-state index in [-0.39, 0.29) is 11.7 Å². The fourth-order valence-electron chi connectivity index (χ4n) is 1.13. The lowest BCUT2D eigenvalue weighted by molar-refractivity contribution is -0.117. The maximum absolute atomic E-state index is 11.4. The quantitative estimate of drug-likeness (QED) is 0.559. The fourth-order valence-corrected chi connectivity index (χ4v) is 1.74. The van der Waals surface area contributed by atoms with E-state index in [4.69, 9.17) is 5.73 Å². The van der Waals surface area contributed by atoms with Crippen LogP contribution < -0.4 is 16.4 Å². The Morgan fingerprint density at radius 3 is 2.79 bits per heavy atom. The van der Waals surface area contributed by atoms with Crippen molar-refractivity contribution in [2.45, 2.75) is 25.4 Å². The Kier molecular flexibility index (Phi) is 6.13. The van der Waals surface area contributed by atoms with E-state index < -0.39 is 11.9 Å². The van der Waals surface area contributed by atoms with E-state index in [1.54, 1.807) is 0 Å². The van der Waals surface area contributed by atoms with Crippen LogP contribution in [0.2, 0.25) is 0 Å². The van der Waals surface area contributed by atoms with Crippen molar-refractivity contribution >= 4 is 29.6 Å². The highest BCUT2D eigenvalue weighted by Gasteiger charge is 2.09. The van der Waals surface area contributed by atoms with Crippen molar-refractivity contribution in [1.82, 2.24) is 25.8 Å². The number of nitrogens with two attached hydrogens (primary N) is 1. The third-order valence-corrected chi connectivity index (χ3v) is 2.92. The minimum Gasteiger partial charge on any atom is -0.368 e. The zero-order valence-electron chi connectivity index (χ0n) is 10.9. The molecule has 0 aliphatic carbocycles. The summed E-state index contributed by atoms with van der Waals surface area (Å²) in [6.45, 7) is 4.66. The summed E-state index contributed by atoms with van der Waals surface area (Å²) in [6.07, 6.45) is 0.868. The van der Waals surface area contributed by atoms with Gasteiger partial charge in [-0.3, -0.25) is 10.1 Å². The number of hydrogen-bond donors (Lipinski definition) is 4. The molecule has 19 heavy (non-hydrogen) atoms. The van der Waals surface area contributed by atoms with E-state index in [1.807, 2.05) is 0 Å². The number of rotatable bonds is 6. The number of aromatic nitrogens is 3. The SMILES string of the molecule is CC(C)CCNC(=O)NC(=O)CSc1n[nH]c(N)n1. The molecule has 1 rings (SSSR count). The van der Waals surface area contributed by atoms with Crippen LogP contribution in [0, 0.1) is 5.92 Å². The molecule has 0 spiro atoms. The van der Waals surface area contributed by atoms with Crippen LogP contribution in [-0.2, 0) is 4.79 Å². The van der Waals surface area contributed by atoms with Crippen molar-refractivity contribution in [2.75, 3.05) is 18.0 Å². The lowest BCUT2D eigenvalue weighted by atomic mass is 10.1. The smallest absolute Gasteiger partial charge is 0.321 e. The van der Waals surface area contributed by atoms with Gasteiger partial charge in [0.25, 0.3) is 0 Å². The summed E-state index contributed by atoms with van der Waals surface area (Å²) in [5.74, 6) is 0.335. The summed E-state index contributed by atoms with van der Waals surface area (Å²) < 4.78 is 0. The van der Waals surface area contributed by atoms with Gasteiger partial charge in [0.15, 0.2) is 0 Å². The van der Waals surface area contributed by atoms with Gasteiger partial charge in [-0.2, -0.15) is 4.98 Å². The highest BCUT2D eigenvalue weighted by atomic mass is 32.2. The number of thioether (sulfide) groups is 1. The number of amides is 3. The Morgan fingerprint density at radius 2 is 2.21 bits per heavy atom. The largest absolute Gasteiger partial charge is 0.368 e. The van der Waals surface area contributed by atoms with Gasteiger partial charge in [-0.25, -0.2) is 9.89 Å². The summed E-state index contributed by atoms with van der Waals surface area (Å²) in [5, 5.41) is 11.4. The molecule has 0 saturated heterocycles. The topological polar surface area (TPSA) is 126 Å². The van der Waals surface area contributed by atoms with E-state index in [9.17, 15) is 9.59 Å². The number of carbonyl (C=O) groups excluding carboxylic acids is 2. The molecule has 3 amide bonds. The first-order chi connectivity index (χ1) is 8.97. The van der Waals surface area contributed by atoms with Crippen LogP contribution in [0.1, 0.15) is 20.3 Å². The molecule has 9 heteroatoms. The lowest BCUT2D eigenvalue weighted by Crippen LogP contribution is -2.40. The number of H-pyrrole nitrogens is 1. The van der Waals surface area contributed by atoms with Crippen molar-refractivity contribution in [1.29, 1.82) is 0 Å². The third kappa shape index (κ3) is 6.65. The first-order valence-electron chi connectivity index (χ1n) is 5.85. The Bertz CT molecular complexity index is 433. The van der Waals surface area contributed by atoms with Crippen molar-refractivity contribution in [3.05, 3.63) is 0 Å². The molecule has 0 fully saturated rings. The van der Waals surface area contributed by atoms with E-state index in [2.05, 4.69) is 39.7 Å². The molecule has 1 heterocycles. The van der Waals surface area contributed by atoms with Crippen LogP contribution in [0.25, 0.3) is 0 Å². The minimum atomic E-state index is -0.485. The first kappa shape index (κ1) is 15.3. The van der Waals surface area contributed by atoms with Gasteiger partial charge in [0, 0.05) is 6.54 Å². The maximum Gasteiger partial charge on any atom is 0.321 e. The monoisotopic (exact) mass is 286 g/mol. The summed E-state index contributed by atoms with van der Waals surface area (Å²) in [7, 11) is 0. The Hall–Kier alpha value is -1.77. The minimum absolute atomic E-state index is 0.0505. The van der Waals surface area contributed by atoms with Gasteiger partial charge in [0.05, 0.1) is 5.75 Å². The van der Waals surface area contributed by atoms with Gasteiger partial charge in [0.1, 0.15) is 0 Å². The average Bonchev–Trinajstić information content (AvgIpc) is 2.72. The Morgan fingerprint density at radius 1 is 1.47 bits per heavy atom. The number of nitrogens with zero attached hydrogens (tertiary/aromatic N) is 2. The highest BCUT2D eigenvalue weighted by Crippen LogP contribution is 2.11. The van der Waals surface area contributed by atoms with Crippen molar-refractivity contribution in [3.63, 3.8) is 0 Å². The second kappa shape index (κ2) is 7.62. The number of nitrogen functional groups attached to an aromatic ring is 1. The lowest BCUT2D eigenvalue weighted by Gasteiger charge is -2.07. The number of urea groups is 1. The molecule has 0 bridgehead atoms. The van der Waals surface area contributed by atoms with E-state index >= 15 is 0 Å². The maximum atomic E-state index is 11.4. The van der Waals surface area contributed by atoms with Crippen LogP contribution in [0.4, 0.5) is 10.7 Å². The van der Waals surface area contributed by atoms with Gasteiger partial charge < -0.3 is 11.1 Å². The molecule has 0 aliphatic rings. The Balaban J connectivity index is 2.18. The number of anilines is 1. The van der Waals surface area contributed by atoms with Crippen LogP contribution in [0.15, 0.2) is 5.16 Å². The molecule has 5 N–H and O–H groups in total. The highest BCUT2D eigenvalue weighted by molar-refractivity contribution is 7.99. The summed E-state index contributed by atoms with van der Waals surface area (Å²) in [6, 6.07) is -0.485. The van der Waals surface area contributed by atoms with Crippen molar-refractivity contribution in [2.24, 2.45) is 5.92 Å². The summed E-state index contributed by atoms with van der Waals surface area (Å²) in [5.41, 5.74) is 5.34. The molecule has 0 aliphatic heterocycles. The average molecular weight is 286 g/mol. The molecule has 0 unspecified atom stereocenters. The summed E-state index contributed by atoms with van der Waals surface area (Å²) in [4.78, 5) is 26.6. The van der Waals surface area contributed by atoms with Crippen LogP contribution in [0.3, 0.4) is 0 Å². The van der Waals surface area contributed by atoms with E-state index in [0.29, 0.717) is 17.6 Å². The summed E-state index contributed by atoms with van der Waals surface area (Å²) >= 11 is 1.09. The molecular formula is C10H18N6O2S. The molecule has 1 aromatic heterocycles. The molecule has 0 saturated carbocycles. The third-order valence-electron chi connectivity index (χ3n) is 2.07. The molecular weight excluding hydrogens is 268 g/mol. The van der Waals surface area contributed by atoms with Crippen molar-refractivity contribution < 1.29 is 9.59 Å². The van der Waals surface area contributed by atoms with E-state index in [1.165, 1.54) is 0 Å². The molecule has 0 radical (unpaired) electrons. The molecule has 0 atom stereocenters. The zero-order valence-corrected chi connectivity index (χ0v) is 11.7. The number of imide groups is 1. The number of carbonyl (C=O) groups is 2.